The van der Waals surface area contributed by atoms with E-state index in [0.29, 0.717) is 22.2 Å². The number of nitrogens with zero attached hydrogens (tertiary/aromatic N) is 1. The summed E-state index contributed by atoms with van der Waals surface area (Å²) in [5.74, 6) is -0.121. The molecule has 5 heteroatoms. The van der Waals surface area contributed by atoms with Crippen molar-refractivity contribution in [3.63, 3.8) is 0 Å². The van der Waals surface area contributed by atoms with Crippen molar-refractivity contribution >= 4 is 45.0 Å². The Balaban J connectivity index is 2.63. The molecule has 0 fully saturated rings. The number of unbranched alkanes of at least 4 members (excludes halogenated alkanes) is 2. The Bertz CT molecular complexity index is 392. The van der Waals surface area contributed by atoms with E-state index < -0.39 is 0 Å². The highest BCUT2D eigenvalue weighted by molar-refractivity contribution is 9.09. The van der Waals surface area contributed by atoms with Crippen LogP contribution in [0.1, 0.15) is 29.6 Å². The fourth-order valence-electron chi connectivity index (χ4n) is 1.61. The zero-order valence-electron chi connectivity index (χ0n) is 10.3. The minimum absolute atomic E-state index is 0.121. The SMILES string of the molecule is CN(CCCCCBr)C(=O)c1c(Cl)cccc1Cl. The molecule has 0 radical (unpaired) electrons. The average Bonchev–Trinajstić information content (AvgIpc) is 2.34. The number of carbonyl (C=O) groups excluding carboxylic acids is 1. The molecular weight excluding hydrogens is 337 g/mol. The maximum Gasteiger partial charge on any atom is 0.256 e. The van der Waals surface area contributed by atoms with E-state index >= 15 is 0 Å². The number of benzene rings is 1. The first-order valence-corrected chi connectivity index (χ1v) is 7.71. The van der Waals surface area contributed by atoms with E-state index in [9.17, 15) is 4.79 Å². The van der Waals surface area contributed by atoms with Crippen LogP contribution in [-0.4, -0.2) is 29.7 Å². The van der Waals surface area contributed by atoms with Gasteiger partial charge in [0.25, 0.3) is 5.91 Å². The first kappa shape index (κ1) is 15.8. The molecule has 18 heavy (non-hydrogen) atoms. The Labute approximate surface area is 126 Å². The Morgan fingerprint density at radius 2 is 1.83 bits per heavy atom. The van der Waals surface area contributed by atoms with Crippen molar-refractivity contribution in [2.75, 3.05) is 18.9 Å². The fraction of sp³-hybridized carbons (Fsp3) is 0.462. The van der Waals surface area contributed by atoms with Crippen LogP contribution in [-0.2, 0) is 0 Å². The number of hydrogen-bond donors (Lipinski definition) is 0. The zero-order chi connectivity index (χ0) is 13.5. The van der Waals surface area contributed by atoms with Crippen LogP contribution in [0, 0.1) is 0 Å². The van der Waals surface area contributed by atoms with E-state index in [1.54, 1.807) is 30.1 Å². The van der Waals surface area contributed by atoms with Crippen molar-refractivity contribution in [3.05, 3.63) is 33.8 Å². The summed E-state index contributed by atoms with van der Waals surface area (Å²) in [6.45, 7) is 0.716. The molecule has 0 saturated heterocycles. The molecule has 0 heterocycles. The summed E-state index contributed by atoms with van der Waals surface area (Å²) >= 11 is 15.4. The molecule has 0 bridgehead atoms. The van der Waals surface area contributed by atoms with Gasteiger partial charge in [-0.2, -0.15) is 0 Å². The molecule has 1 rings (SSSR count). The molecule has 0 unspecified atom stereocenters. The first-order valence-electron chi connectivity index (χ1n) is 5.83. The van der Waals surface area contributed by atoms with Crippen LogP contribution >= 0.6 is 39.1 Å². The number of halogens is 3. The average molecular weight is 353 g/mol. The highest BCUT2D eigenvalue weighted by Gasteiger charge is 2.17. The smallest absolute Gasteiger partial charge is 0.256 e. The van der Waals surface area contributed by atoms with Crippen molar-refractivity contribution in [2.24, 2.45) is 0 Å². The maximum atomic E-state index is 12.2. The van der Waals surface area contributed by atoms with Crippen LogP contribution in [0.5, 0.6) is 0 Å². The molecule has 1 aromatic carbocycles. The normalized spacial score (nSPS) is 10.4. The van der Waals surface area contributed by atoms with E-state index in [2.05, 4.69) is 15.9 Å². The summed E-state index contributed by atoms with van der Waals surface area (Å²) in [5.41, 5.74) is 0.392. The van der Waals surface area contributed by atoms with Crippen molar-refractivity contribution in [3.8, 4) is 0 Å². The summed E-state index contributed by atoms with van der Waals surface area (Å²) in [6.07, 6.45) is 3.20. The summed E-state index contributed by atoms with van der Waals surface area (Å²) in [5, 5.41) is 1.81. The topological polar surface area (TPSA) is 20.3 Å². The van der Waals surface area contributed by atoms with E-state index in [1.807, 2.05) is 0 Å². The number of carbonyl (C=O) groups is 1. The summed E-state index contributed by atoms with van der Waals surface area (Å²) in [7, 11) is 1.77. The third-order valence-corrected chi connectivity index (χ3v) is 3.84. The van der Waals surface area contributed by atoms with Crippen molar-refractivity contribution in [2.45, 2.75) is 19.3 Å². The quantitative estimate of drug-likeness (QED) is 0.539. The van der Waals surface area contributed by atoms with Crippen LogP contribution in [0.4, 0.5) is 0 Å². The largest absolute Gasteiger partial charge is 0.342 e. The van der Waals surface area contributed by atoms with Crippen molar-refractivity contribution < 1.29 is 4.79 Å². The van der Waals surface area contributed by atoms with Gasteiger partial charge in [0.15, 0.2) is 0 Å². The lowest BCUT2D eigenvalue weighted by Gasteiger charge is -2.18. The second kappa shape index (κ2) is 8.03. The molecule has 0 atom stereocenters. The van der Waals surface area contributed by atoms with Gasteiger partial charge >= 0.3 is 0 Å². The van der Waals surface area contributed by atoms with Crippen LogP contribution < -0.4 is 0 Å². The molecule has 1 amide bonds. The molecule has 100 valence electrons. The van der Waals surface area contributed by atoms with Crippen molar-refractivity contribution in [1.29, 1.82) is 0 Å². The Kier molecular flexibility index (Phi) is 7.05. The van der Waals surface area contributed by atoms with Gasteiger partial charge in [-0.3, -0.25) is 4.79 Å². The Hall–Kier alpha value is -0.250. The van der Waals surface area contributed by atoms with Gasteiger partial charge in [0.05, 0.1) is 15.6 Å². The Morgan fingerprint density at radius 3 is 2.39 bits per heavy atom. The zero-order valence-corrected chi connectivity index (χ0v) is 13.4. The molecule has 0 aliphatic heterocycles. The number of alkyl halides is 1. The number of rotatable bonds is 6. The molecule has 0 aliphatic carbocycles. The van der Waals surface area contributed by atoms with E-state index in [0.717, 1.165) is 24.6 Å². The van der Waals surface area contributed by atoms with Crippen molar-refractivity contribution in [1.82, 2.24) is 4.90 Å². The second-order valence-corrected chi connectivity index (χ2v) is 5.68. The van der Waals surface area contributed by atoms with Crippen LogP contribution in [0.25, 0.3) is 0 Å². The lowest BCUT2D eigenvalue weighted by Crippen LogP contribution is -2.28. The van der Waals surface area contributed by atoms with Crippen LogP contribution in [0.3, 0.4) is 0 Å². The predicted molar refractivity (Wildman–Crippen MR) is 81.1 cm³/mol. The first-order chi connectivity index (χ1) is 8.57. The molecule has 0 saturated carbocycles. The molecule has 0 spiro atoms. The molecule has 2 nitrogen and oxygen atoms in total. The standard InChI is InChI=1S/C13H16BrCl2NO/c1-17(9-4-2-3-8-14)13(18)12-10(15)6-5-7-11(12)16/h5-7H,2-4,8-9H2,1H3. The Morgan fingerprint density at radius 1 is 1.22 bits per heavy atom. The summed E-state index contributed by atoms with van der Waals surface area (Å²) in [6, 6.07) is 5.09. The van der Waals surface area contributed by atoms with Gasteiger partial charge in [-0.25, -0.2) is 0 Å². The third kappa shape index (κ3) is 4.45. The molecule has 0 N–H and O–H groups in total. The molecular formula is C13H16BrCl2NO. The number of hydrogen-bond acceptors (Lipinski definition) is 1. The van der Waals surface area contributed by atoms with Crippen LogP contribution in [0.2, 0.25) is 10.0 Å². The van der Waals surface area contributed by atoms with Gasteiger partial charge in [-0.05, 0) is 25.0 Å². The number of amides is 1. The summed E-state index contributed by atoms with van der Waals surface area (Å²) < 4.78 is 0. The minimum atomic E-state index is -0.121. The fourth-order valence-corrected chi connectivity index (χ4v) is 2.57. The highest BCUT2D eigenvalue weighted by Crippen LogP contribution is 2.25. The highest BCUT2D eigenvalue weighted by atomic mass is 79.9. The second-order valence-electron chi connectivity index (χ2n) is 4.07. The van der Waals surface area contributed by atoms with Gasteiger partial charge in [0.1, 0.15) is 0 Å². The molecule has 1 aromatic rings. The van der Waals surface area contributed by atoms with Gasteiger partial charge in [-0.1, -0.05) is 51.6 Å². The van der Waals surface area contributed by atoms with E-state index in [1.165, 1.54) is 0 Å². The van der Waals surface area contributed by atoms with Gasteiger partial charge in [-0.15, -0.1) is 0 Å². The van der Waals surface area contributed by atoms with Gasteiger partial charge in [0, 0.05) is 18.9 Å². The van der Waals surface area contributed by atoms with Gasteiger partial charge in [0.2, 0.25) is 0 Å². The lowest BCUT2D eigenvalue weighted by molar-refractivity contribution is 0.0793. The van der Waals surface area contributed by atoms with Gasteiger partial charge < -0.3 is 4.90 Å². The maximum absolute atomic E-state index is 12.2. The third-order valence-electron chi connectivity index (χ3n) is 2.65. The monoisotopic (exact) mass is 351 g/mol. The predicted octanol–water partition coefficient (Wildman–Crippen LogP) is 4.63. The lowest BCUT2D eigenvalue weighted by atomic mass is 10.2. The summed E-state index contributed by atoms with van der Waals surface area (Å²) in [4.78, 5) is 13.9. The van der Waals surface area contributed by atoms with Crippen LogP contribution in [0.15, 0.2) is 18.2 Å². The minimum Gasteiger partial charge on any atom is -0.342 e. The van der Waals surface area contributed by atoms with E-state index in [4.69, 9.17) is 23.2 Å². The van der Waals surface area contributed by atoms with E-state index in [-0.39, 0.29) is 5.91 Å². The molecule has 0 aliphatic rings. The molecule has 0 aromatic heterocycles.